The maximum atomic E-state index is 12.9. The molecule has 2 atom stereocenters. The number of amides is 2. The fourth-order valence-electron chi connectivity index (χ4n) is 5.18. The Balaban J connectivity index is 1.35. The molecule has 0 radical (unpaired) electrons. The molecule has 0 unspecified atom stereocenters. The molecule has 3 aromatic heterocycles. The van der Waals surface area contributed by atoms with Crippen LogP contribution >= 0.6 is 0 Å². The van der Waals surface area contributed by atoms with E-state index in [1.165, 1.54) is 0 Å². The van der Waals surface area contributed by atoms with Gasteiger partial charge in [-0.3, -0.25) is 14.0 Å². The van der Waals surface area contributed by atoms with E-state index in [2.05, 4.69) is 27.5 Å². The van der Waals surface area contributed by atoms with Gasteiger partial charge in [0.1, 0.15) is 5.65 Å². The number of hydrogen-bond acceptors (Lipinski definition) is 4. The lowest BCUT2D eigenvalue weighted by atomic mass is 9.83. The Morgan fingerprint density at radius 2 is 2.00 bits per heavy atom. The van der Waals surface area contributed by atoms with Gasteiger partial charge in [-0.1, -0.05) is 18.6 Å². The van der Waals surface area contributed by atoms with Gasteiger partial charge >= 0.3 is 0 Å². The molecule has 0 spiro atoms. The molecule has 0 aliphatic heterocycles. The fraction of sp³-hybridized carbons (Fsp3) is 0.333. The second kappa shape index (κ2) is 9.37. The molecular formula is C27H30N6O2. The van der Waals surface area contributed by atoms with Crippen molar-refractivity contribution in [3.8, 4) is 16.9 Å². The maximum Gasteiger partial charge on any atom is 0.251 e. The van der Waals surface area contributed by atoms with Gasteiger partial charge in [0.05, 0.1) is 23.3 Å². The van der Waals surface area contributed by atoms with E-state index < -0.39 is 0 Å². The van der Waals surface area contributed by atoms with E-state index in [1.807, 2.05) is 65.7 Å². The monoisotopic (exact) mass is 470 g/mol. The number of aromatic nitrogens is 4. The Kier molecular flexibility index (Phi) is 6.11. The van der Waals surface area contributed by atoms with Gasteiger partial charge < -0.3 is 11.1 Å². The molecule has 35 heavy (non-hydrogen) atoms. The summed E-state index contributed by atoms with van der Waals surface area (Å²) in [5, 5.41) is 7.73. The third-order valence-corrected chi connectivity index (χ3v) is 6.78. The van der Waals surface area contributed by atoms with E-state index in [0.717, 1.165) is 54.0 Å². The van der Waals surface area contributed by atoms with E-state index in [1.54, 1.807) is 0 Å². The highest BCUT2D eigenvalue weighted by molar-refractivity contribution is 5.95. The summed E-state index contributed by atoms with van der Waals surface area (Å²) in [7, 11) is 0. The van der Waals surface area contributed by atoms with E-state index >= 15 is 0 Å². The minimum atomic E-state index is -0.275. The predicted molar refractivity (Wildman–Crippen MR) is 134 cm³/mol. The molecule has 1 aliphatic carbocycles. The number of fused-ring (bicyclic) bond motifs is 1. The van der Waals surface area contributed by atoms with Gasteiger partial charge in [0.15, 0.2) is 0 Å². The minimum absolute atomic E-state index is 0.0595. The molecule has 180 valence electrons. The average Bonchev–Trinajstić information content (AvgIpc) is 3.40. The summed E-state index contributed by atoms with van der Waals surface area (Å²) in [6, 6.07) is 13.9. The molecule has 1 fully saturated rings. The van der Waals surface area contributed by atoms with Crippen LogP contribution in [0.15, 0.2) is 54.9 Å². The number of pyridine rings is 1. The number of nitrogens with two attached hydrogens (primary N) is 1. The van der Waals surface area contributed by atoms with E-state index in [0.29, 0.717) is 17.6 Å². The highest BCUT2D eigenvalue weighted by atomic mass is 16.2. The number of primary amides is 1. The molecule has 3 N–H and O–H groups in total. The van der Waals surface area contributed by atoms with Crippen LogP contribution in [0.2, 0.25) is 0 Å². The molecule has 1 saturated carbocycles. The van der Waals surface area contributed by atoms with Crippen LogP contribution in [-0.2, 0) is 4.79 Å². The van der Waals surface area contributed by atoms with Crippen molar-refractivity contribution in [2.45, 2.75) is 52.0 Å². The van der Waals surface area contributed by atoms with Gasteiger partial charge in [-0.15, -0.1) is 0 Å². The first-order chi connectivity index (χ1) is 16.9. The number of hydrogen-bond donors (Lipinski definition) is 2. The average molecular weight is 471 g/mol. The van der Waals surface area contributed by atoms with Crippen LogP contribution < -0.4 is 11.1 Å². The van der Waals surface area contributed by atoms with Crippen LogP contribution in [0.4, 0.5) is 0 Å². The first kappa shape index (κ1) is 22.8. The largest absolute Gasteiger partial charge is 0.370 e. The molecule has 1 aliphatic rings. The smallest absolute Gasteiger partial charge is 0.251 e. The second-order valence-electron chi connectivity index (χ2n) is 9.55. The molecule has 8 heteroatoms. The molecule has 4 aromatic rings. The zero-order chi connectivity index (χ0) is 24.5. The fourth-order valence-corrected chi connectivity index (χ4v) is 5.18. The Labute approximate surface area is 204 Å². The van der Waals surface area contributed by atoms with Gasteiger partial charge in [-0.2, -0.15) is 5.10 Å². The SMILES string of the molecule is Cc1cc(C)n(-c2cccc(-c3cnc4cc(C(=O)N[C@H]5CCC[C@H](CC(N)=O)C5)ccn34)c2)n1. The summed E-state index contributed by atoms with van der Waals surface area (Å²) in [4.78, 5) is 28.8. The Hall–Kier alpha value is -3.94. The van der Waals surface area contributed by atoms with Crippen LogP contribution in [0.25, 0.3) is 22.6 Å². The van der Waals surface area contributed by atoms with Gasteiger partial charge in [0, 0.05) is 35.5 Å². The first-order valence-electron chi connectivity index (χ1n) is 12.1. The summed E-state index contributed by atoms with van der Waals surface area (Å²) < 4.78 is 3.92. The standard InChI is InChI=1S/C27H30N6O2/c1-17-11-18(2)33(31-17)23-8-4-6-20(14-23)24-16-29-26-15-21(9-10-32(24)26)27(35)30-22-7-3-5-19(12-22)13-25(28)34/h4,6,8-11,14-16,19,22H,3,5,7,12-13H2,1-2H3,(H2,28,34)(H,30,35)/t19-,22-/m0/s1. The number of imidazole rings is 1. The number of aryl methyl sites for hydroxylation is 2. The van der Waals surface area contributed by atoms with Gasteiger partial charge in [-0.25, -0.2) is 9.67 Å². The minimum Gasteiger partial charge on any atom is -0.370 e. The predicted octanol–water partition coefficient (Wildman–Crippen LogP) is 3.97. The van der Waals surface area contributed by atoms with Crippen LogP contribution in [0.3, 0.4) is 0 Å². The number of carbonyl (C=O) groups is 2. The topological polar surface area (TPSA) is 107 Å². The summed E-state index contributed by atoms with van der Waals surface area (Å²) in [6.07, 6.45) is 7.78. The van der Waals surface area contributed by atoms with Crippen LogP contribution in [-0.4, -0.2) is 37.0 Å². The molecule has 3 heterocycles. The van der Waals surface area contributed by atoms with E-state index in [-0.39, 0.29) is 23.8 Å². The summed E-state index contributed by atoms with van der Waals surface area (Å²) in [5.41, 5.74) is 11.6. The van der Waals surface area contributed by atoms with Gasteiger partial charge in [-0.05, 0) is 69.4 Å². The lowest BCUT2D eigenvalue weighted by Crippen LogP contribution is -2.39. The van der Waals surface area contributed by atoms with E-state index in [4.69, 9.17) is 5.73 Å². The Morgan fingerprint density at radius 1 is 1.14 bits per heavy atom. The molecule has 8 nitrogen and oxygen atoms in total. The van der Waals surface area contributed by atoms with Crippen molar-refractivity contribution in [3.63, 3.8) is 0 Å². The lowest BCUT2D eigenvalue weighted by Gasteiger charge is -2.29. The van der Waals surface area contributed by atoms with Gasteiger partial charge in [0.2, 0.25) is 5.91 Å². The highest BCUT2D eigenvalue weighted by Gasteiger charge is 2.25. The number of benzene rings is 1. The molecule has 1 aromatic carbocycles. The summed E-state index contributed by atoms with van der Waals surface area (Å²) in [5.74, 6) is -0.148. The zero-order valence-electron chi connectivity index (χ0n) is 20.1. The van der Waals surface area contributed by atoms with E-state index in [9.17, 15) is 9.59 Å². The van der Waals surface area contributed by atoms with Crippen molar-refractivity contribution in [2.24, 2.45) is 11.7 Å². The third kappa shape index (κ3) is 4.82. The van der Waals surface area contributed by atoms with Gasteiger partial charge in [0.25, 0.3) is 5.91 Å². The summed E-state index contributed by atoms with van der Waals surface area (Å²) >= 11 is 0. The highest BCUT2D eigenvalue weighted by Crippen LogP contribution is 2.27. The number of nitrogens with one attached hydrogen (secondary N) is 1. The van der Waals surface area contributed by atoms with Crippen molar-refractivity contribution in [1.82, 2.24) is 24.5 Å². The van der Waals surface area contributed by atoms with Crippen molar-refractivity contribution in [1.29, 1.82) is 0 Å². The first-order valence-corrected chi connectivity index (χ1v) is 12.1. The molecule has 2 amide bonds. The molecule has 0 bridgehead atoms. The normalized spacial score (nSPS) is 18.0. The Bertz CT molecular complexity index is 1400. The van der Waals surface area contributed by atoms with Crippen LogP contribution in [0.5, 0.6) is 0 Å². The second-order valence-corrected chi connectivity index (χ2v) is 9.55. The third-order valence-electron chi connectivity index (χ3n) is 6.78. The van der Waals surface area contributed by atoms with Crippen LogP contribution in [0.1, 0.15) is 53.8 Å². The van der Waals surface area contributed by atoms with Crippen molar-refractivity contribution < 1.29 is 9.59 Å². The van der Waals surface area contributed by atoms with Crippen LogP contribution in [0, 0.1) is 19.8 Å². The zero-order valence-corrected chi connectivity index (χ0v) is 20.1. The number of rotatable bonds is 6. The van der Waals surface area contributed by atoms with Crippen molar-refractivity contribution in [2.75, 3.05) is 0 Å². The maximum absolute atomic E-state index is 12.9. The molecule has 5 rings (SSSR count). The molecular weight excluding hydrogens is 440 g/mol. The lowest BCUT2D eigenvalue weighted by molar-refractivity contribution is -0.119. The Morgan fingerprint density at radius 3 is 2.77 bits per heavy atom. The van der Waals surface area contributed by atoms with Crippen molar-refractivity contribution in [3.05, 3.63) is 71.8 Å². The van der Waals surface area contributed by atoms with Crippen molar-refractivity contribution >= 4 is 17.5 Å². The number of nitrogens with zero attached hydrogens (tertiary/aromatic N) is 4. The molecule has 0 saturated heterocycles. The quantitative estimate of drug-likeness (QED) is 0.445. The number of carbonyl (C=O) groups excluding carboxylic acids is 2. The summed E-state index contributed by atoms with van der Waals surface area (Å²) in [6.45, 7) is 4.03.